The number of aliphatic hydroxyl groups is 3. The van der Waals surface area contributed by atoms with Crippen molar-refractivity contribution in [1.29, 1.82) is 0 Å². The van der Waals surface area contributed by atoms with Gasteiger partial charge in [-0.25, -0.2) is 4.79 Å². The number of carbonyl (C=O) groups is 5. The molecule has 3 N–H and O–H groups in total. The molecule has 1 saturated carbocycles. The first-order valence-electron chi connectivity index (χ1n) is 28.7. The summed E-state index contributed by atoms with van der Waals surface area (Å²) in [5.41, 5.74) is 1.27. The van der Waals surface area contributed by atoms with Crippen molar-refractivity contribution >= 4 is 29.2 Å². The van der Waals surface area contributed by atoms with Crippen LogP contribution in [0.4, 0.5) is 0 Å². The average molecular weight is 1110 g/mol. The maximum absolute atomic E-state index is 14.5. The van der Waals surface area contributed by atoms with Crippen LogP contribution in [0.3, 0.4) is 0 Å². The van der Waals surface area contributed by atoms with E-state index in [0.717, 1.165) is 10.5 Å². The highest BCUT2D eigenvalue weighted by Crippen LogP contribution is 2.35. The number of ether oxygens (including phenoxy) is 9. The second kappa shape index (κ2) is 35.1. The number of terminal acetylenes is 1. The summed E-state index contributed by atoms with van der Waals surface area (Å²) in [4.78, 5) is 72.5. The molecule has 0 bridgehead atoms. The molecule has 2 saturated heterocycles. The molecule has 2 unspecified atom stereocenters. The van der Waals surface area contributed by atoms with Crippen LogP contribution in [0.15, 0.2) is 47.6 Å². The highest BCUT2D eigenvalue weighted by atomic mass is 16.6. The van der Waals surface area contributed by atoms with Crippen molar-refractivity contribution in [1.82, 2.24) is 4.90 Å². The van der Waals surface area contributed by atoms with Crippen molar-refractivity contribution < 1.29 is 81.9 Å². The molecule has 446 valence electrons. The molecule has 0 aromatic carbocycles. The minimum atomic E-state index is -2.52. The van der Waals surface area contributed by atoms with Gasteiger partial charge in [-0.15, -0.1) is 6.42 Å². The Bertz CT molecular complexity index is 2070. The smallest absolute Gasteiger partial charge is 0.329 e. The van der Waals surface area contributed by atoms with Gasteiger partial charge >= 0.3 is 5.97 Å². The summed E-state index contributed by atoms with van der Waals surface area (Å²) < 4.78 is 52.6. The van der Waals surface area contributed by atoms with Gasteiger partial charge in [0, 0.05) is 52.0 Å². The van der Waals surface area contributed by atoms with Crippen LogP contribution in [-0.4, -0.2) is 185 Å². The van der Waals surface area contributed by atoms with Crippen LogP contribution in [0.1, 0.15) is 125 Å². The van der Waals surface area contributed by atoms with Gasteiger partial charge in [-0.05, 0) is 101 Å². The number of methoxy groups -OCH3 is 3. The van der Waals surface area contributed by atoms with E-state index in [1.807, 2.05) is 44.2 Å². The van der Waals surface area contributed by atoms with E-state index >= 15 is 0 Å². The van der Waals surface area contributed by atoms with Crippen LogP contribution in [0, 0.1) is 47.9 Å². The summed E-state index contributed by atoms with van der Waals surface area (Å²) >= 11 is 0. The fourth-order valence-electron chi connectivity index (χ4n) is 11.1. The molecule has 3 fully saturated rings. The minimum absolute atomic E-state index is 0.0174. The van der Waals surface area contributed by atoms with Gasteiger partial charge < -0.3 is 62.9 Å². The van der Waals surface area contributed by atoms with Crippen molar-refractivity contribution in [3.8, 4) is 12.3 Å². The predicted octanol–water partition coefficient (Wildman–Crippen LogP) is 6.25. The highest BCUT2D eigenvalue weighted by Gasteiger charge is 2.49. The zero-order valence-corrected chi connectivity index (χ0v) is 48.7. The lowest BCUT2D eigenvalue weighted by atomic mass is 9.78. The molecular formula is C61H95NO17. The second-order valence-electron chi connectivity index (χ2n) is 22.2. The zero-order chi connectivity index (χ0) is 58.1. The van der Waals surface area contributed by atoms with Gasteiger partial charge in [0.15, 0.2) is 5.78 Å². The molecule has 4 aliphatic rings. The average Bonchev–Trinajstić information content (AvgIpc) is 3.51. The van der Waals surface area contributed by atoms with Crippen molar-refractivity contribution in [3.63, 3.8) is 0 Å². The number of fused-ring (bicyclic) bond motifs is 1. The number of esters is 1. The molecule has 1 aliphatic carbocycles. The lowest BCUT2D eigenvalue weighted by molar-refractivity contribution is -0.217. The number of allylic oxidation sites excluding steroid dienone is 6. The summed E-state index contributed by atoms with van der Waals surface area (Å²) in [5, 5.41) is 34.1. The van der Waals surface area contributed by atoms with Crippen LogP contribution in [0.5, 0.6) is 0 Å². The molecule has 18 heteroatoms. The first-order valence-corrected chi connectivity index (χ1v) is 28.7. The summed E-state index contributed by atoms with van der Waals surface area (Å²) in [7, 11) is 4.06. The topological polar surface area (TPSA) is 232 Å². The number of hydrogen-bond acceptors (Lipinski definition) is 17. The Morgan fingerprint density at radius 3 is 2.18 bits per heavy atom. The van der Waals surface area contributed by atoms with Crippen LogP contribution in [-0.2, 0) is 66.6 Å². The van der Waals surface area contributed by atoms with Gasteiger partial charge in [0.05, 0.1) is 77.1 Å². The number of ketones is 3. The molecule has 0 aromatic rings. The maximum Gasteiger partial charge on any atom is 0.329 e. The maximum atomic E-state index is 14.5. The third kappa shape index (κ3) is 21.1. The van der Waals surface area contributed by atoms with Crippen molar-refractivity contribution in [2.45, 2.75) is 180 Å². The number of cyclic esters (lactones) is 1. The standard InChI is InChI=1S/C61H95NO17/c1-11-47(35-46-24-25-50(63)54(36-46)71-8)53-37-51(64)42(4)34-44(6)56(66)57(72-9)55(65)43(5)33-40(2)19-13-12-14-20-41(3)52(78-39-48-38-76-30-29-74-27-28-75-31-32-77-48)23-16-15-21-45(7)61(70,73-10)58(67)59(68)62-26-18-17-22-49(62)60(69)79-53/h1,12-14,19-20,34,40,42-43,45-50,52-54,56-57,63,66,70H,15-18,21-33,35-39H2,2-10H3/b14-12+,19-13+,41-20+,44-34+/t40-,42-,43-,45-,46+,47-,48?,49+,50-,52?,53+,54-,56-,57+,61+/m1/s1. The number of piperidine rings is 1. The largest absolute Gasteiger partial charge is 0.459 e. The molecule has 3 aliphatic heterocycles. The van der Waals surface area contributed by atoms with Gasteiger partial charge in [0.25, 0.3) is 11.7 Å². The van der Waals surface area contributed by atoms with E-state index in [9.17, 15) is 39.3 Å². The number of carbonyl (C=O) groups excluding carboxylic acids is 5. The Hall–Kier alpha value is -3.97. The van der Waals surface area contributed by atoms with Gasteiger partial charge in [-0.3, -0.25) is 19.2 Å². The lowest BCUT2D eigenvalue weighted by Gasteiger charge is -2.38. The Morgan fingerprint density at radius 2 is 1.49 bits per heavy atom. The van der Waals surface area contributed by atoms with Crippen molar-refractivity contribution in [2.24, 2.45) is 35.5 Å². The van der Waals surface area contributed by atoms with Crippen molar-refractivity contribution in [2.75, 3.05) is 80.7 Å². The van der Waals surface area contributed by atoms with E-state index in [4.69, 9.17) is 49.1 Å². The lowest BCUT2D eigenvalue weighted by Crippen LogP contribution is -2.58. The van der Waals surface area contributed by atoms with Gasteiger partial charge in [-0.1, -0.05) is 82.9 Å². The monoisotopic (exact) mass is 1110 g/mol. The molecule has 15 atom stereocenters. The van der Waals surface area contributed by atoms with E-state index in [1.165, 1.54) is 21.3 Å². The summed E-state index contributed by atoms with van der Waals surface area (Å²) in [6.07, 6.45) is 17.2. The SMILES string of the molecule is C#C[C@H](C[C@@H]1CC[C@@H](O)[C@H](OC)C1)[C@@H]1CC(=O)[C@H](C)/C=C(\C)[C@@H](O)[C@@H](OC)C(=O)[C@H](C)C[C@H](C)/C=C/C=C/C=C(\C)C(OCC2COCCOCCOCCO2)CCCC[C@@H](C)[C@](O)(OC)C(=O)C(=O)N2CCCC[C@H]2C(=O)O1. The summed E-state index contributed by atoms with van der Waals surface area (Å²) in [5.74, 6) is -6.57. The fourth-order valence-corrected chi connectivity index (χ4v) is 11.1. The van der Waals surface area contributed by atoms with E-state index in [-0.39, 0.29) is 61.6 Å². The minimum Gasteiger partial charge on any atom is -0.459 e. The van der Waals surface area contributed by atoms with E-state index < -0.39 is 83.7 Å². The summed E-state index contributed by atoms with van der Waals surface area (Å²) in [6, 6.07) is -1.24. The van der Waals surface area contributed by atoms with Gasteiger partial charge in [-0.2, -0.15) is 0 Å². The summed E-state index contributed by atoms with van der Waals surface area (Å²) in [6.45, 7) is 13.8. The molecule has 0 radical (unpaired) electrons. The normalized spacial score (nSPS) is 36.9. The molecular weight excluding hydrogens is 1020 g/mol. The predicted molar refractivity (Wildman–Crippen MR) is 296 cm³/mol. The molecule has 18 nitrogen and oxygen atoms in total. The van der Waals surface area contributed by atoms with E-state index in [1.54, 1.807) is 33.8 Å². The van der Waals surface area contributed by atoms with Gasteiger partial charge in [0.1, 0.15) is 36.2 Å². The Kier molecular flexibility index (Phi) is 30.0. The first kappa shape index (κ1) is 67.5. The van der Waals surface area contributed by atoms with Crippen molar-refractivity contribution in [3.05, 3.63) is 47.6 Å². The fraction of sp³-hybridized carbons (Fsp3) is 0.754. The Balaban J connectivity index is 1.67. The molecule has 79 heavy (non-hydrogen) atoms. The van der Waals surface area contributed by atoms with Crippen LogP contribution < -0.4 is 0 Å². The Morgan fingerprint density at radius 1 is 0.810 bits per heavy atom. The van der Waals surface area contributed by atoms with Crippen LogP contribution >= 0.6 is 0 Å². The quantitative estimate of drug-likeness (QED) is 0.0761. The van der Waals surface area contributed by atoms with E-state index in [2.05, 4.69) is 5.92 Å². The third-order valence-corrected chi connectivity index (χ3v) is 16.1. The molecule has 0 aromatic heterocycles. The highest BCUT2D eigenvalue weighted by molar-refractivity contribution is 6.39. The Labute approximate surface area is 470 Å². The first-order chi connectivity index (χ1) is 37.8. The number of rotatable bonds is 9. The second-order valence-corrected chi connectivity index (χ2v) is 22.2. The number of nitrogens with zero attached hydrogens (tertiary/aromatic N) is 1. The van der Waals surface area contributed by atoms with Gasteiger partial charge in [0.2, 0.25) is 5.79 Å². The molecule has 4 rings (SSSR count). The number of aliphatic hydroxyl groups excluding tert-OH is 2. The zero-order valence-electron chi connectivity index (χ0n) is 48.7. The molecule has 1 amide bonds. The van der Waals surface area contributed by atoms with Crippen LogP contribution in [0.25, 0.3) is 0 Å². The molecule has 3 heterocycles. The van der Waals surface area contributed by atoms with E-state index in [0.29, 0.717) is 122 Å². The number of hydrogen-bond donors (Lipinski definition) is 3. The molecule has 0 spiro atoms. The number of Topliss-reactive ketones (excluding diaryl/α,β-unsaturated/α-hetero) is 3. The number of amides is 1. The third-order valence-electron chi connectivity index (χ3n) is 16.1. The van der Waals surface area contributed by atoms with Crippen LogP contribution in [0.2, 0.25) is 0 Å².